The van der Waals surface area contributed by atoms with Gasteiger partial charge in [-0.2, -0.15) is 5.10 Å². The van der Waals surface area contributed by atoms with E-state index in [0.717, 1.165) is 50.6 Å². The molecule has 7 nitrogen and oxygen atoms in total. The number of pyridine rings is 1. The summed E-state index contributed by atoms with van der Waals surface area (Å²) in [5.74, 6) is -1.45. The summed E-state index contributed by atoms with van der Waals surface area (Å²) in [5.41, 5.74) is -0.508. The fourth-order valence-electron chi connectivity index (χ4n) is 3.87. The minimum absolute atomic E-state index is 0.0176. The molecule has 3 heterocycles. The first-order valence-electron chi connectivity index (χ1n) is 9.87. The molecule has 0 amide bonds. The van der Waals surface area contributed by atoms with E-state index in [-0.39, 0.29) is 18.7 Å². The second-order valence-electron chi connectivity index (χ2n) is 7.62. The Labute approximate surface area is 173 Å². The number of piperazine rings is 1. The van der Waals surface area contributed by atoms with Crippen LogP contribution in [0.2, 0.25) is 0 Å². The fourth-order valence-corrected chi connectivity index (χ4v) is 3.87. The lowest BCUT2D eigenvalue weighted by molar-refractivity contribution is -0.0324. The average molecular weight is 414 g/mol. The highest BCUT2D eigenvalue weighted by Gasteiger charge is 2.36. The maximum Gasteiger partial charge on any atom is 0.137 e. The van der Waals surface area contributed by atoms with E-state index in [1.54, 1.807) is 6.20 Å². The predicted molar refractivity (Wildman–Crippen MR) is 106 cm³/mol. The summed E-state index contributed by atoms with van der Waals surface area (Å²) in [6.45, 7) is 4.04. The van der Waals surface area contributed by atoms with Crippen LogP contribution in [0.3, 0.4) is 0 Å². The quantitative estimate of drug-likeness (QED) is 0.634. The van der Waals surface area contributed by atoms with Gasteiger partial charge in [-0.1, -0.05) is 12.1 Å². The Morgan fingerprint density at radius 1 is 1.00 bits per heavy atom. The van der Waals surface area contributed by atoms with Crippen LogP contribution < -0.4 is 0 Å². The lowest BCUT2D eigenvalue weighted by Crippen LogP contribution is -2.52. The normalized spacial score (nSPS) is 17.7. The van der Waals surface area contributed by atoms with Crippen molar-refractivity contribution in [1.29, 1.82) is 0 Å². The zero-order valence-electron chi connectivity index (χ0n) is 16.5. The van der Waals surface area contributed by atoms with Crippen molar-refractivity contribution in [2.24, 2.45) is 0 Å². The molecule has 0 bridgehead atoms. The van der Waals surface area contributed by atoms with E-state index in [2.05, 4.69) is 24.9 Å². The summed E-state index contributed by atoms with van der Waals surface area (Å²) in [5, 5.41) is 15.5. The minimum atomic E-state index is -1.57. The molecule has 4 rings (SSSR count). The second-order valence-corrected chi connectivity index (χ2v) is 7.62. The molecule has 1 aliphatic heterocycles. The maximum atomic E-state index is 14.6. The average Bonchev–Trinajstić information content (AvgIpc) is 3.23. The molecule has 30 heavy (non-hydrogen) atoms. The van der Waals surface area contributed by atoms with Crippen LogP contribution in [0.25, 0.3) is 0 Å². The Kier molecular flexibility index (Phi) is 6.12. The topological polar surface area (TPSA) is 70.3 Å². The third kappa shape index (κ3) is 4.86. The third-order valence-electron chi connectivity index (χ3n) is 5.38. The van der Waals surface area contributed by atoms with Gasteiger partial charge < -0.3 is 5.11 Å². The van der Waals surface area contributed by atoms with Crippen LogP contribution in [-0.4, -0.2) is 67.4 Å². The Hall–Kier alpha value is -2.75. The van der Waals surface area contributed by atoms with E-state index >= 15 is 0 Å². The molecule has 158 valence electrons. The number of rotatable bonds is 7. The van der Waals surface area contributed by atoms with Crippen molar-refractivity contribution < 1.29 is 13.9 Å². The van der Waals surface area contributed by atoms with Gasteiger partial charge in [0.1, 0.15) is 29.9 Å². The van der Waals surface area contributed by atoms with Gasteiger partial charge in [0, 0.05) is 57.1 Å². The van der Waals surface area contributed by atoms with Gasteiger partial charge in [-0.3, -0.25) is 14.8 Å². The van der Waals surface area contributed by atoms with Crippen molar-refractivity contribution in [3.8, 4) is 0 Å². The van der Waals surface area contributed by atoms with Crippen molar-refractivity contribution in [1.82, 2.24) is 29.5 Å². The molecule has 2 aromatic heterocycles. The molecule has 1 atom stereocenters. The molecular formula is C21H24F2N6O. The lowest BCUT2D eigenvalue weighted by atomic mass is 9.92. The summed E-state index contributed by atoms with van der Waals surface area (Å²) in [6.07, 6.45) is 4.61. The molecule has 1 N–H and O–H groups in total. The number of benzene rings is 1. The third-order valence-corrected chi connectivity index (χ3v) is 5.38. The fraction of sp³-hybridized carbons (Fsp3) is 0.381. The van der Waals surface area contributed by atoms with Crippen LogP contribution in [0.4, 0.5) is 8.78 Å². The Balaban J connectivity index is 1.46. The van der Waals surface area contributed by atoms with Gasteiger partial charge in [-0.15, -0.1) is 0 Å². The van der Waals surface area contributed by atoms with E-state index in [9.17, 15) is 13.9 Å². The summed E-state index contributed by atoms with van der Waals surface area (Å²) < 4.78 is 29.4. The Morgan fingerprint density at radius 3 is 2.47 bits per heavy atom. The largest absolute Gasteiger partial charge is 0.382 e. The first-order chi connectivity index (χ1) is 14.5. The first kappa shape index (κ1) is 20.5. The van der Waals surface area contributed by atoms with E-state index in [1.165, 1.54) is 23.4 Å². The standard InChI is InChI=1S/C21H24F2N6O/c22-17-4-5-19(20(23)11-17)21(30,14-29-16-24-15-26-29)13-28-9-7-27(8-10-28)12-18-3-1-2-6-25-18/h1-6,11,15-16,30H,7-10,12-14H2. The second kappa shape index (κ2) is 8.95. The number of β-amino-alcohol motifs (C(OH)–C–C–N with tert-alkyl or cyclic N) is 1. The zero-order valence-corrected chi connectivity index (χ0v) is 16.5. The number of aliphatic hydroxyl groups is 1. The summed E-state index contributed by atoms with van der Waals surface area (Å²) in [6, 6.07) is 9.13. The summed E-state index contributed by atoms with van der Waals surface area (Å²) >= 11 is 0. The van der Waals surface area contributed by atoms with Crippen LogP contribution in [0.15, 0.2) is 55.2 Å². The highest BCUT2D eigenvalue weighted by atomic mass is 19.1. The molecule has 0 spiro atoms. The molecule has 1 aliphatic rings. The molecule has 0 aliphatic carbocycles. The molecule has 3 aromatic rings. The van der Waals surface area contributed by atoms with Gasteiger partial charge in [0.05, 0.1) is 12.2 Å². The van der Waals surface area contributed by atoms with Gasteiger partial charge >= 0.3 is 0 Å². The molecular weight excluding hydrogens is 390 g/mol. The SMILES string of the molecule is OC(CN1CCN(Cc2ccccn2)CC1)(Cn1cncn1)c1ccc(F)cc1F. The zero-order chi connectivity index (χ0) is 21.0. The van der Waals surface area contributed by atoms with Crippen LogP contribution in [-0.2, 0) is 18.7 Å². The van der Waals surface area contributed by atoms with Crippen molar-refractivity contribution in [2.45, 2.75) is 18.7 Å². The van der Waals surface area contributed by atoms with Crippen molar-refractivity contribution in [3.05, 3.63) is 78.1 Å². The molecule has 1 aromatic carbocycles. The predicted octanol–water partition coefficient (Wildman–Crippen LogP) is 1.66. The molecule has 9 heteroatoms. The van der Waals surface area contributed by atoms with Crippen LogP contribution in [0.1, 0.15) is 11.3 Å². The minimum Gasteiger partial charge on any atom is -0.382 e. The summed E-state index contributed by atoms with van der Waals surface area (Å²) in [4.78, 5) is 12.7. The van der Waals surface area contributed by atoms with E-state index < -0.39 is 17.2 Å². The van der Waals surface area contributed by atoms with Gasteiger partial charge in [-0.25, -0.2) is 18.4 Å². The molecule has 0 radical (unpaired) electrons. The van der Waals surface area contributed by atoms with Crippen molar-refractivity contribution in [2.75, 3.05) is 32.7 Å². The van der Waals surface area contributed by atoms with E-state index in [0.29, 0.717) is 0 Å². The van der Waals surface area contributed by atoms with Crippen molar-refractivity contribution in [3.63, 3.8) is 0 Å². The highest BCUT2D eigenvalue weighted by molar-refractivity contribution is 5.25. The van der Waals surface area contributed by atoms with Crippen LogP contribution in [0.5, 0.6) is 0 Å². The number of halogens is 2. The van der Waals surface area contributed by atoms with Gasteiger partial charge in [0.2, 0.25) is 0 Å². The summed E-state index contributed by atoms with van der Waals surface area (Å²) in [7, 11) is 0. The van der Waals surface area contributed by atoms with Crippen LogP contribution in [0, 0.1) is 11.6 Å². The lowest BCUT2D eigenvalue weighted by Gasteiger charge is -2.39. The van der Waals surface area contributed by atoms with E-state index in [4.69, 9.17) is 0 Å². The molecule has 1 fully saturated rings. The molecule has 1 saturated heterocycles. The van der Waals surface area contributed by atoms with Gasteiger partial charge in [0.25, 0.3) is 0 Å². The smallest absolute Gasteiger partial charge is 0.137 e. The number of hydrogen-bond acceptors (Lipinski definition) is 6. The first-order valence-corrected chi connectivity index (χ1v) is 9.87. The van der Waals surface area contributed by atoms with Crippen molar-refractivity contribution >= 4 is 0 Å². The molecule has 0 saturated carbocycles. The monoisotopic (exact) mass is 414 g/mol. The molecule has 1 unspecified atom stereocenters. The van der Waals surface area contributed by atoms with E-state index in [1.807, 2.05) is 18.2 Å². The Bertz CT molecular complexity index is 947. The number of aromatic nitrogens is 4. The highest BCUT2D eigenvalue weighted by Crippen LogP contribution is 2.28. The maximum absolute atomic E-state index is 14.6. The van der Waals surface area contributed by atoms with Gasteiger partial charge in [0.15, 0.2) is 0 Å². The van der Waals surface area contributed by atoms with Crippen LogP contribution >= 0.6 is 0 Å². The van der Waals surface area contributed by atoms with Gasteiger partial charge in [-0.05, 0) is 18.2 Å². The Morgan fingerprint density at radius 2 is 1.80 bits per heavy atom. The number of hydrogen-bond donors (Lipinski definition) is 1. The number of nitrogens with zero attached hydrogens (tertiary/aromatic N) is 6.